The Kier molecular flexibility index (Phi) is 12.2. The number of aromatic nitrogens is 1. The van der Waals surface area contributed by atoms with Gasteiger partial charge in [0.15, 0.2) is 11.7 Å². The maximum atomic E-state index is 5.37. The first-order valence-electron chi connectivity index (χ1n) is 7.71. The molecule has 0 unspecified atom stereocenters. The smallest absolute Gasteiger partial charge is 0.191 e. The van der Waals surface area contributed by atoms with Crippen LogP contribution in [0.3, 0.4) is 0 Å². The lowest BCUT2D eigenvalue weighted by molar-refractivity contribution is 0.203. The second-order valence-corrected chi connectivity index (χ2v) is 4.85. The minimum absolute atomic E-state index is 0. The second-order valence-electron chi connectivity index (χ2n) is 4.85. The minimum atomic E-state index is 0. The highest BCUT2D eigenvalue weighted by Crippen LogP contribution is 2.22. The van der Waals surface area contributed by atoms with Crippen LogP contribution in [0.4, 0.5) is 0 Å². The van der Waals surface area contributed by atoms with Gasteiger partial charge in [-0.15, -0.1) is 24.0 Å². The van der Waals surface area contributed by atoms with Crippen LogP contribution in [0.25, 0.3) is 0 Å². The predicted molar refractivity (Wildman–Crippen MR) is 99.9 cm³/mol. The number of aliphatic imine (C=N–C) groups is 1. The van der Waals surface area contributed by atoms with Crippen molar-refractivity contribution in [3.8, 4) is 0 Å². The Balaban J connectivity index is 0.00000441. The zero-order chi connectivity index (χ0) is 15.5. The van der Waals surface area contributed by atoms with Gasteiger partial charge < -0.3 is 19.9 Å². The summed E-state index contributed by atoms with van der Waals surface area (Å²) in [6.45, 7) is 9.04. The monoisotopic (exact) mass is 424 g/mol. The van der Waals surface area contributed by atoms with E-state index in [1.54, 1.807) is 7.11 Å². The van der Waals surface area contributed by atoms with Crippen molar-refractivity contribution in [1.29, 1.82) is 0 Å². The molecule has 1 rings (SSSR count). The first-order valence-corrected chi connectivity index (χ1v) is 7.71. The Bertz CT molecular complexity index is 419. The van der Waals surface area contributed by atoms with E-state index in [1.807, 2.05) is 13.0 Å². The SMILES string of the molecule is CCNC(=NCc1cc(C(CC)CC)no1)NCCOC.I. The van der Waals surface area contributed by atoms with Gasteiger partial charge in [0.2, 0.25) is 0 Å². The van der Waals surface area contributed by atoms with Crippen LogP contribution in [0.2, 0.25) is 0 Å². The largest absolute Gasteiger partial charge is 0.383 e. The number of ether oxygens (including phenoxy) is 1. The molecule has 7 heteroatoms. The summed E-state index contributed by atoms with van der Waals surface area (Å²) in [4.78, 5) is 4.48. The van der Waals surface area contributed by atoms with Crippen LogP contribution in [0.5, 0.6) is 0 Å². The summed E-state index contributed by atoms with van der Waals surface area (Å²) in [5.41, 5.74) is 1.03. The van der Waals surface area contributed by atoms with E-state index in [-0.39, 0.29) is 24.0 Å². The molecule has 128 valence electrons. The number of rotatable bonds is 9. The number of methoxy groups -OCH3 is 1. The lowest BCUT2D eigenvalue weighted by atomic mass is 9.99. The molecule has 1 heterocycles. The molecule has 0 saturated heterocycles. The molecule has 22 heavy (non-hydrogen) atoms. The Morgan fingerprint density at radius 2 is 2.05 bits per heavy atom. The Morgan fingerprint density at radius 3 is 2.64 bits per heavy atom. The van der Waals surface area contributed by atoms with Crippen molar-refractivity contribution in [3.63, 3.8) is 0 Å². The highest BCUT2D eigenvalue weighted by molar-refractivity contribution is 14.0. The minimum Gasteiger partial charge on any atom is -0.383 e. The van der Waals surface area contributed by atoms with Gasteiger partial charge in [0, 0.05) is 32.2 Å². The van der Waals surface area contributed by atoms with E-state index in [0.29, 0.717) is 19.1 Å². The van der Waals surface area contributed by atoms with Gasteiger partial charge in [-0.05, 0) is 19.8 Å². The highest BCUT2D eigenvalue weighted by atomic mass is 127. The summed E-state index contributed by atoms with van der Waals surface area (Å²) in [6.07, 6.45) is 2.15. The fourth-order valence-corrected chi connectivity index (χ4v) is 2.07. The predicted octanol–water partition coefficient (Wildman–Crippen LogP) is 2.90. The van der Waals surface area contributed by atoms with Gasteiger partial charge >= 0.3 is 0 Å². The summed E-state index contributed by atoms with van der Waals surface area (Å²) >= 11 is 0. The van der Waals surface area contributed by atoms with E-state index in [1.165, 1.54) is 0 Å². The molecule has 1 aromatic heterocycles. The van der Waals surface area contributed by atoms with Crippen molar-refractivity contribution in [2.45, 2.75) is 46.1 Å². The Hall–Kier alpha value is -0.830. The van der Waals surface area contributed by atoms with Gasteiger partial charge in [-0.3, -0.25) is 0 Å². The van der Waals surface area contributed by atoms with Crippen LogP contribution < -0.4 is 10.6 Å². The fourth-order valence-electron chi connectivity index (χ4n) is 2.07. The van der Waals surface area contributed by atoms with Crippen LogP contribution in [-0.2, 0) is 11.3 Å². The molecule has 0 fully saturated rings. The quantitative estimate of drug-likeness (QED) is 0.276. The molecule has 0 aliphatic carbocycles. The molecule has 2 N–H and O–H groups in total. The molecule has 0 aliphatic rings. The van der Waals surface area contributed by atoms with Crippen molar-refractivity contribution >= 4 is 29.9 Å². The van der Waals surface area contributed by atoms with Crippen LogP contribution in [0.1, 0.15) is 51.0 Å². The number of guanidine groups is 1. The molecule has 1 aromatic rings. The number of hydrogen-bond acceptors (Lipinski definition) is 4. The molecule has 6 nitrogen and oxygen atoms in total. The third kappa shape index (κ3) is 7.44. The molecule has 0 saturated carbocycles. The van der Waals surface area contributed by atoms with Crippen molar-refractivity contribution in [2.75, 3.05) is 26.8 Å². The van der Waals surface area contributed by atoms with Crippen LogP contribution >= 0.6 is 24.0 Å². The van der Waals surface area contributed by atoms with Crippen LogP contribution in [-0.4, -0.2) is 37.9 Å². The number of hydrogen-bond donors (Lipinski definition) is 2. The third-order valence-electron chi connectivity index (χ3n) is 3.32. The number of nitrogens with zero attached hydrogens (tertiary/aromatic N) is 2. The normalized spacial score (nSPS) is 11.4. The lowest BCUT2D eigenvalue weighted by Gasteiger charge is -2.10. The topological polar surface area (TPSA) is 71.7 Å². The van der Waals surface area contributed by atoms with Gasteiger partial charge in [0.1, 0.15) is 6.54 Å². The molecule has 0 aromatic carbocycles. The first-order chi connectivity index (χ1) is 10.2. The average molecular weight is 424 g/mol. The summed E-state index contributed by atoms with van der Waals surface area (Å²) in [5, 5.41) is 10.5. The molecule has 0 atom stereocenters. The van der Waals surface area contributed by atoms with E-state index in [0.717, 1.165) is 43.3 Å². The maximum absolute atomic E-state index is 5.37. The van der Waals surface area contributed by atoms with Gasteiger partial charge in [-0.2, -0.15) is 0 Å². The Morgan fingerprint density at radius 1 is 1.32 bits per heavy atom. The van der Waals surface area contributed by atoms with Gasteiger partial charge in [-0.1, -0.05) is 19.0 Å². The zero-order valence-corrected chi connectivity index (χ0v) is 16.3. The molecule has 0 spiro atoms. The fraction of sp³-hybridized carbons (Fsp3) is 0.733. The standard InChI is InChI=1S/C15H28N4O2.HI/c1-5-12(6-2)14-10-13(21-19-14)11-18-15(16-7-3)17-8-9-20-4;/h10,12H,5-9,11H2,1-4H3,(H2,16,17,18);1H. The molecule has 0 aliphatic heterocycles. The Labute approximate surface area is 150 Å². The second kappa shape index (κ2) is 12.7. The van der Waals surface area contributed by atoms with E-state index < -0.39 is 0 Å². The van der Waals surface area contributed by atoms with E-state index in [4.69, 9.17) is 9.26 Å². The van der Waals surface area contributed by atoms with Crippen molar-refractivity contribution < 1.29 is 9.26 Å². The summed E-state index contributed by atoms with van der Waals surface area (Å²) < 4.78 is 10.4. The summed E-state index contributed by atoms with van der Waals surface area (Å²) in [7, 11) is 1.68. The highest BCUT2D eigenvalue weighted by Gasteiger charge is 2.12. The van der Waals surface area contributed by atoms with Gasteiger partial charge in [0.25, 0.3) is 0 Å². The van der Waals surface area contributed by atoms with Crippen LogP contribution in [0, 0.1) is 0 Å². The molecule has 0 amide bonds. The first kappa shape index (κ1) is 21.2. The van der Waals surface area contributed by atoms with Gasteiger partial charge in [0.05, 0.1) is 12.3 Å². The summed E-state index contributed by atoms with van der Waals surface area (Å²) in [6, 6.07) is 2.01. The van der Waals surface area contributed by atoms with Crippen LogP contribution in [0.15, 0.2) is 15.6 Å². The van der Waals surface area contributed by atoms with Crippen molar-refractivity contribution in [1.82, 2.24) is 15.8 Å². The maximum Gasteiger partial charge on any atom is 0.191 e. The van der Waals surface area contributed by atoms with Crippen molar-refractivity contribution in [3.05, 3.63) is 17.5 Å². The summed E-state index contributed by atoms with van der Waals surface area (Å²) in [5.74, 6) is 2.02. The number of halogens is 1. The average Bonchev–Trinajstić information content (AvgIpc) is 2.95. The van der Waals surface area contributed by atoms with E-state index >= 15 is 0 Å². The molecular formula is C15H29IN4O2. The van der Waals surface area contributed by atoms with Gasteiger partial charge in [-0.25, -0.2) is 4.99 Å². The molecule has 0 bridgehead atoms. The van der Waals surface area contributed by atoms with E-state index in [2.05, 4.69) is 34.6 Å². The molecule has 0 radical (unpaired) electrons. The third-order valence-corrected chi connectivity index (χ3v) is 3.32. The number of nitrogens with one attached hydrogen (secondary N) is 2. The molecular weight excluding hydrogens is 395 g/mol. The van der Waals surface area contributed by atoms with Crippen molar-refractivity contribution in [2.24, 2.45) is 4.99 Å². The zero-order valence-electron chi connectivity index (χ0n) is 14.0. The lowest BCUT2D eigenvalue weighted by Crippen LogP contribution is -2.38. The van der Waals surface area contributed by atoms with E-state index in [9.17, 15) is 0 Å².